The number of ether oxygens (including phenoxy) is 2. The van der Waals surface area contributed by atoms with Gasteiger partial charge >= 0.3 is 0 Å². The summed E-state index contributed by atoms with van der Waals surface area (Å²) >= 11 is 4.87. The Bertz CT molecular complexity index is 1530. The predicted octanol–water partition coefficient (Wildman–Crippen LogP) is 7.98. The van der Waals surface area contributed by atoms with Crippen molar-refractivity contribution in [1.29, 1.82) is 5.26 Å². The molecular weight excluding hydrogens is 593 g/mol. The highest BCUT2D eigenvalue weighted by atomic mass is 79.9. The third-order valence-electron chi connectivity index (χ3n) is 6.94. The summed E-state index contributed by atoms with van der Waals surface area (Å²) in [6.07, 6.45) is 6.84. The number of para-hydroxylation sites is 1. The Kier molecular flexibility index (Phi) is 8.88. The van der Waals surface area contributed by atoms with Gasteiger partial charge in [0.05, 0.1) is 23.6 Å². The minimum Gasteiger partial charge on any atom is -0.493 e. The normalized spacial score (nSPS) is 17.9. The van der Waals surface area contributed by atoms with Gasteiger partial charge in [-0.15, -0.1) is 0 Å². The van der Waals surface area contributed by atoms with E-state index in [-0.39, 0.29) is 24.2 Å². The van der Waals surface area contributed by atoms with E-state index in [0.29, 0.717) is 31.6 Å². The molecule has 3 aromatic carbocycles. The van der Waals surface area contributed by atoms with Gasteiger partial charge in [-0.1, -0.05) is 65.5 Å². The van der Waals surface area contributed by atoms with Gasteiger partial charge in [-0.25, -0.2) is 9.38 Å². The third-order valence-corrected chi connectivity index (χ3v) is 8.61. The molecule has 0 atom stereocenters. The molecule has 1 aliphatic carbocycles. The zero-order chi connectivity index (χ0) is 28.1. The fraction of sp³-hybridized carbons (Fsp3) is 0.258. The highest BCUT2D eigenvalue weighted by molar-refractivity contribution is 9.10. The summed E-state index contributed by atoms with van der Waals surface area (Å²) in [5.41, 5.74) is 2.26. The van der Waals surface area contributed by atoms with Crippen LogP contribution < -0.4 is 9.47 Å². The molecule has 1 amide bonds. The van der Waals surface area contributed by atoms with E-state index in [9.17, 15) is 14.4 Å². The van der Waals surface area contributed by atoms with Crippen molar-refractivity contribution in [3.63, 3.8) is 0 Å². The van der Waals surface area contributed by atoms with Gasteiger partial charge in [-0.3, -0.25) is 9.69 Å². The number of amides is 1. The van der Waals surface area contributed by atoms with E-state index >= 15 is 0 Å². The van der Waals surface area contributed by atoms with Gasteiger partial charge in [0, 0.05) is 16.1 Å². The van der Waals surface area contributed by atoms with E-state index in [4.69, 9.17) is 9.47 Å². The van der Waals surface area contributed by atoms with Crippen molar-refractivity contribution in [3.05, 3.63) is 92.5 Å². The molecule has 0 spiro atoms. The Balaban J connectivity index is 1.45. The van der Waals surface area contributed by atoms with E-state index in [1.54, 1.807) is 54.5 Å². The fourth-order valence-corrected chi connectivity index (χ4v) is 6.34. The Hall–Kier alpha value is -3.61. The Labute approximate surface area is 245 Å². The number of carbonyl (C=O) groups excluding carboxylic acids is 1. The fourth-order valence-electron chi connectivity index (χ4n) is 4.86. The second-order valence-electron chi connectivity index (χ2n) is 9.51. The molecule has 3 aromatic rings. The number of methoxy groups -OCH3 is 1. The molecule has 1 heterocycles. The van der Waals surface area contributed by atoms with E-state index < -0.39 is 5.82 Å². The number of nitriles is 1. The van der Waals surface area contributed by atoms with Crippen LogP contribution in [0.15, 0.2) is 75.0 Å². The van der Waals surface area contributed by atoms with Crippen LogP contribution in [0, 0.1) is 17.1 Å². The van der Waals surface area contributed by atoms with Crippen molar-refractivity contribution in [2.24, 2.45) is 4.99 Å². The van der Waals surface area contributed by atoms with Gasteiger partial charge in [0.1, 0.15) is 18.1 Å². The lowest BCUT2D eigenvalue weighted by atomic mass is 9.94. The van der Waals surface area contributed by atoms with Crippen molar-refractivity contribution in [2.45, 2.75) is 44.8 Å². The van der Waals surface area contributed by atoms with Crippen LogP contribution in [0.4, 0.5) is 10.1 Å². The van der Waals surface area contributed by atoms with Crippen molar-refractivity contribution in [2.75, 3.05) is 7.11 Å². The minimum absolute atomic E-state index is 0.0372. The maximum atomic E-state index is 14.5. The highest BCUT2D eigenvalue weighted by Crippen LogP contribution is 2.41. The molecule has 0 unspecified atom stereocenters. The summed E-state index contributed by atoms with van der Waals surface area (Å²) in [7, 11) is 1.55. The first-order chi connectivity index (χ1) is 19.5. The van der Waals surface area contributed by atoms with Crippen LogP contribution >= 0.6 is 27.7 Å². The molecule has 0 N–H and O–H groups in total. The van der Waals surface area contributed by atoms with E-state index in [1.807, 2.05) is 18.2 Å². The van der Waals surface area contributed by atoms with Crippen molar-refractivity contribution in [1.82, 2.24) is 4.90 Å². The molecular formula is C31H27BrFN3O3S. The Morgan fingerprint density at radius 1 is 1.12 bits per heavy atom. The van der Waals surface area contributed by atoms with E-state index in [1.165, 1.54) is 17.8 Å². The SMILES string of the molecule is COc1cc(/C=C2\SC(=Nc3ccccc3F)N(C3CCCCC3)C2=O)c(Br)cc1OCc1ccccc1C#N. The standard InChI is InChI=1S/C31H27BrFN3O3S/c1-38-27-15-22(24(32)17-28(27)39-19-21-10-6-5-9-20(21)18-34)16-29-30(37)36(23-11-3-2-4-12-23)31(40-29)35-26-14-8-7-13-25(26)33/h5-10,13-17,23H,2-4,11-12,19H2,1H3/b29-16-,35-31?. The van der Waals surface area contributed by atoms with E-state index in [0.717, 1.165) is 43.2 Å². The first kappa shape index (κ1) is 27.9. The van der Waals surface area contributed by atoms with Crippen LogP contribution in [0.25, 0.3) is 6.08 Å². The molecule has 0 radical (unpaired) electrons. The zero-order valence-electron chi connectivity index (χ0n) is 21.9. The maximum Gasteiger partial charge on any atom is 0.267 e. The minimum atomic E-state index is -0.426. The molecule has 9 heteroatoms. The van der Waals surface area contributed by atoms with E-state index in [2.05, 4.69) is 27.0 Å². The van der Waals surface area contributed by atoms with Gasteiger partial charge in [-0.2, -0.15) is 5.26 Å². The molecule has 1 saturated carbocycles. The quantitative estimate of drug-likeness (QED) is 0.251. The molecule has 5 rings (SSSR count). The maximum absolute atomic E-state index is 14.5. The summed E-state index contributed by atoms with van der Waals surface area (Å²) < 4.78 is 26.8. The van der Waals surface area contributed by atoms with Gasteiger partial charge in [0.2, 0.25) is 0 Å². The van der Waals surface area contributed by atoms with Crippen LogP contribution in [-0.4, -0.2) is 29.1 Å². The molecule has 0 bridgehead atoms. The molecule has 0 aromatic heterocycles. The second kappa shape index (κ2) is 12.7. The second-order valence-corrected chi connectivity index (χ2v) is 11.4. The average Bonchev–Trinajstić information content (AvgIpc) is 3.28. The molecule has 1 saturated heterocycles. The van der Waals surface area contributed by atoms with Crippen LogP contribution in [-0.2, 0) is 11.4 Å². The largest absolute Gasteiger partial charge is 0.493 e. The van der Waals surface area contributed by atoms with Crippen LogP contribution in [0.1, 0.15) is 48.8 Å². The number of benzene rings is 3. The monoisotopic (exact) mass is 619 g/mol. The molecule has 40 heavy (non-hydrogen) atoms. The molecule has 1 aliphatic heterocycles. The van der Waals surface area contributed by atoms with Crippen LogP contribution in [0.3, 0.4) is 0 Å². The number of carbonyl (C=O) groups is 1. The first-order valence-corrected chi connectivity index (χ1v) is 14.6. The topological polar surface area (TPSA) is 74.9 Å². The summed E-state index contributed by atoms with van der Waals surface area (Å²) in [5.74, 6) is 0.431. The summed E-state index contributed by atoms with van der Waals surface area (Å²) in [6, 6.07) is 19.4. The number of halogens is 2. The Morgan fingerprint density at radius 2 is 1.88 bits per heavy atom. The van der Waals surface area contributed by atoms with Crippen LogP contribution in [0.5, 0.6) is 11.5 Å². The number of amidine groups is 1. The van der Waals surface area contributed by atoms with Crippen molar-refractivity contribution in [3.8, 4) is 17.6 Å². The lowest BCUT2D eigenvalue weighted by molar-refractivity contribution is -0.124. The first-order valence-electron chi connectivity index (χ1n) is 13.0. The average molecular weight is 621 g/mol. The highest BCUT2D eigenvalue weighted by Gasteiger charge is 2.39. The Morgan fingerprint density at radius 3 is 2.62 bits per heavy atom. The third kappa shape index (κ3) is 6.08. The summed E-state index contributed by atoms with van der Waals surface area (Å²) in [4.78, 5) is 20.5. The number of hydrogen-bond donors (Lipinski definition) is 0. The number of aliphatic imine (C=N–C) groups is 1. The number of thioether (sulfide) groups is 1. The van der Waals surface area contributed by atoms with Gasteiger partial charge < -0.3 is 9.47 Å². The number of rotatable bonds is 7. The smallest absolute Gasteiger partial charge is 0.267 e. The number of nitrogens with zero attached hydrogens (tertiary/aromatic N) is 3. The lowest BCUT2D eigenvalue weighted by Crippen LogP contribution is -2.40. The number of hydrogen-bond acceptors (Lipinski definition) is 6. The summed E-state index contributed by atoms with van der Waals surface area (Å²) in [5, 5.41) is 9.86. The molecule has 6 nitrogen and oxygen atoms in total. The zero-order valence-corrected chi connectivity index (χ0v) is 24.3. The summed E-state index contributed by atoms with van der Waals surface area (Å²) in [6.45, 7) is 0.202. The van der Waals surface area contributed by atoms with Gasteiger partial charge in [0.25, 0.3) is 5.91 Å². The predicted molar refractivity (Wildman–Crippen MR) is 159 cm³/mol. The lowest BCUT2D eigenvalue weighted by Gasteiger charge is -2.30. The van der Waals surface area contributed by atoms with Crippen molar-refractivity contribution >= 4 is 50.5 Å². The van der Waals surface area contributed by atoms with Crippen LogP contribution in [0.2, 0.25) is 0 Å². The van der Waals surface area contributed by atoms with Crippen molar-refractivity contribution < 1.29 is 18.7 Å². The van der Waals surface area contributed by atoms with Gasteiger partial charge in [0.15, 0.2) is 16.7 Å². The van der Waals surface area contributed by atoms with Gasteiger partial charge in [-0.05, 0) is 66.6 Å². The molecule has 2 aliphatic rings. The molecule has 2 fully saturated rings. The molecule has 204 valence electrons.